The van der Waals surface area contributed by atoms with E-state index in [1.807, 2.05) is 13.8 Å². The molecule has 0 aliphatic carbocycles. The van der Waals surface area contributed by atoms with Gasteiger partial charge in [0.05, 0.1) is 30.7 Å². The van der Waals surface area contributed by atoms with Crippen LogP contribution in [0.2, 0.25) is 0 Å². The van der Waals surface area contributed by atoms with Crippen molar-refractivity contribution in [3.8, 4) is 6.07 Å². The molecule has 0 unspecified atom stereocenters. The van der Waals surface area contributed by atoms with Gasteiger partial charge in [-0.1, -0.05) is 0 Å². The molecule has 0 saturated carbocycles. The summed E-state index contributed by atoms with van der Waals surface area (Å²) in [5.74, 6) is 0. The fraction of sp³-hybridized carbons (Fsp3) is 0.875. The van der Waals surface area contributed by atoms with Crippen LogP contribution in [0.5, 0.6) is 0 Å². The van der Waals surface area contributed by atoms with Crippen LogP contribution in [0.4, 0.5) is 0 Å². The molecule has 1 aliphatic rings. The van der Waals surface area contributed by atoms with E-state index in [0.717, 1.165) is 19.8 Å². The second kappa shape index (κ2) is 3.21. The maximum atomic E-state index is 8.68. The van der Waals surface area contributed by atoms with E-state index in [1.165, 1.54) is 0 Å². The smallest absolute Gasteiger partial charge is 0.0697 e. The van der Waals surface area contributed by atoms with Gasteiger partial charge in [0.1, 0.15) is 0 Å². The first-order valence-corrected chi connectivity index (χ1v) is 3.86. The summed E-state index contributed by atoms with van der Waals surface area (Å²) in [4.78, 5) is 0. The number of hydrogen-bond donors (Lipinski definition) is 1. The highest BCUT2D eigenvalue weighted by atomic mass is 16.5. The molecule has 0 amide bonds. The highest BCUT2D eigenvalue weighted by molar-refractivity contribution is 4.94. The van der Waals surface area contributed by atoms with Crippen LogP contribution in [0.3, 0.4) is 0 Å². The van der Waals surface area contributed by atoms with E-state index in [2.05, 4.69) is 11.4 Å². The highest BCUT2D eigenvalue weighted by Gasteiger charge is 2.22. The summed E-state index contributed by atoms with van der Waals surface area (Å²) in [5.41, 5.74) is -0.254. The molecule has 0 aromatic carbocycles. The average molecular weight is 154 g/mol. The van der Waals surface area contributed by atoms with Gasteiger partial charge in [-0.2, -0.15) is 5.26 Å². The summed E-state index contributed by atoms with van der Waals surface area (Å²) in [6.45, 7) is 6.19. The van der Waals surface area contributed by atoms with Crippen LogP contribution in [0.25, 0.3) is 0 Å². The zero-order valence-corrected chi connectivity index (χ0v) is 7.05. The Labute approximate surface area is 67.3 Å². The Kier molecular flexibility index (Phi) is 2.48. The van der Waals surface area contributed by atoms with Crippen molar-refractivity contribution in [3.63, 3.8) is 0 Å². The predicted octanol–water partition coefficient (Wildman–Crippen LogP) is 0.525. The minimum atomic E-state index is -0.254. The number of ether oxygens (including phenoxy) is 1. The van der Waals surface area contributed by atoms with E-state index in [4.69, 9.17) is 10.00 Å². The Bertz CT molecular complexity index is 167. The van der Waals surface area contributed by atoms with E-state index in [0.29, 0.717) is 6.04 Å². The van der Waals surface area contributed by atoms with Crippen LogP contribution < -0.4 is 5.32 Å². The molecule has 0 radical (unpaired) electrons. The topological polar surface area (TPSA) is 45.0 Å². The standard InChI is InChI=1S/C8H14N2O/c1-8(2,5-9)6-10-7-3-11-4-7/h7,10H,3-4,6H2,1-2H3. The molecule has 1 fully saturated rings. The van der Waals surface area contributed by atoms with Gasteiger partial charge in [0.15, 0.2) is 0 Å². The third-order valence-corrected chi connectivity index (χ3v) is 1.77. The molecule has 0 aromatic heterocycles. The third-order valence-electron chi connectivity index (χ3n) is 1.77. The molecule has 3 nitrogen and oxygen atoms in total. The van der Waals surface area contributed by atoms with E-state index >= 15 is 0 Å². The lowest BCUT2D eigenvalue weighted by molar-refractivity contribution is -0.00718. The van der Waals surface area contributed by atoms with Crippen LogP contribution >= 0.6 is 0 Å². The second-order valence-electron chi connectivity index (χ2n) is 3.61. The molecule has 0 spiro atoms. The Morgan fingerprint density at radius 2 is 2.27 bits per heavy atom. The lowest BCUT2D eigenvalue weighted by Crippen LogP contribution is -2.48. The van der Waals surface area contributed by atoms with Crippen LogP contribution in [0, 0.1) is 16.7 Å². The normalized spacial score (nSPS) is 19.0. The molecule has 0 atom stereocenters. The Morgan fingerprint density at radius 3 is 2.64 bits per heavy atom. The summed E-state index contributed by atoms with van der Waals surface area (Å²) in [7, 11) is 0. The first-order valence-electron chi connectivity index (χ1n) is 3.86. The van der Waals surface area contributed by atoms with Gasteiger partial charge in [-0.25, -0.2) is 0 Å². The Morgan fingerprint density at radius 1 is 1.64 bits per heavy atom. The van der Waals surface area contributed by atoms with Crippen molar-refractivity contribution in [1.82, 2.24) is 5.32 Å². The number of nitrogens with one attached hydrogen (secondary N) is 1. The van der Waals surface area contributed by atoms with Crippen LogP contribution in [0.1, 0.15) is 13.8 Å². The van der Waals surface area contributed by atoms with Gasteiger partial charge in [0.25, 0.3) is 0 Å². The molecule has 0 aromatic rings. The number of nitrogens with zero attached hydrogens (tertiary/aromatic N) is 1. The van der Waals surface area contributed by atoms with Crippen molar-refractivity contribution in [1.29, 1.82) is 5.26 Å². The third kappa shape index (κ3) is 2.49. The number of rotatable bonds is 3. The first kappa shape index (κ1) is 8.51. The zero-order valence-electron chi connectivity index (χ0n) is 7.05. The van der Waals surface area contributed by atoms with Gasteiger partial charge >= 0.3 is 0 Å². The molecule has 1 aliphatic heterocycles. The molecular formula is C8H14N2O. The van der Waals surface area contributed by atoms with Crippen molar-refractivity contribution >= 4 is 0 Å². The van der Waals surface area contributed by atoms with E-state index in [-0.39, 0.29) is 5.41 Å². The molecule has 1 saturated heterocycles. The van der Waals surface area contributed by atoms with Gasteiger partial charge in [0, 0.05) is 6.54 Å². The minimum Gasteiger partial charge on any atom is -0.378 e. The largest absolute Gasteiger partial charge is 0.378 e. The molecule has 1 rings (SSSR count). The zero-order chi connectivity index (χ0) is 8.32. The summed E-state index contributed by atoms with van der Waals surface area (Å²) < 4.78 is 4.99. The van der Waals surface area contributed by atoms with Crippen molar-refractivity contribution in [2.45, 2.75) is 19.9 Å². The molecule has 0 bridgehead atoms. The van der Waals surface area contributed by atoms with Crippen LogP contribution in [-0.2, 0) is 4.74 Å². The molecule has 11 heavy (non-hydrogen) atoms. The van der Waals surface area contributed by atoms with E-state index in [9.17, 15) is 0 Å². The molecule has 62 valence electrons. The van der Waals surface area contributed by atoms with Gasteiger partial charge in [-0.3, -0.25) is 0 Å². The van der Waals surface area contributed by atoms with Crippen molar-refractivity contribution in [2.24, 2.45) is 5.41 Å². The molecule has 1 heterocycles. The van der Waals surface area contributed by atoms with Gasteiger partial charge in [-0.15, -0.1) is 0 Å². The summed E-state index contributed by atoms with van der Waals surface area (Å²) in [6, 6.07) is 2.72. The molecule has 1 N–H and O–H groups in total. The summed E-state index contributed by atoms with van der Waals surface area (Å²) in [5, 5.41) is 11.9. The van der Waals surface area contributed by atoms with Gasteiger partial charge < -0.3 is 10.1 Å². The van der Waals surface area contributed by atoms with E-state index < -0.39 is 0 Å². The molecule has 3 heteroatoms. The monoisotopic (exact) mass is 154 g/mol. The maximum absolute atomic E-state index is 8.68. The lowest BCUT2D eigenvalue weighted by atomic mass is 9.95. The second-order valence-corrected chi connectivity index (χ2v) is 3.61. The summed E-state index contributed by atoms with van der Waals surface area (Å²) in [6.07, 6.45) is 0. The Balaban J connectivity index is 2.16. The quantitative estimate of drug-likeness (QED) is 0.644. The number of hydrogen-bond acceptors (Lipinski definition) is 3. The van der Waals surface area contributed by atoms with Crippen LogP contribution in [-0.4, -0.2) is 25.8 Å². The van der Waals surface area contributed by atoms with Gasteiger partial charge in [-0.05, 0) is 13.8 Å². The number of nitriles is 1. The van der Waals surface area contributed by atoms with Gasteiger partial charge in [0.2, 0.25) is 0 Å². The highest BCUT2D eigenvalue weighted by Crippen LogP contribution is 2.12. The fourth-order valence-corrected chi connectivity index (χ4v) is 0.793. The minimum absolute atomic E-state index is 0.254. The fourth-order valence-electron chi connectivity index (χ4n) is 0.793. The first-order chi connectivity index (χ1) is 5.14. The van der Waals surface area contributed by atoms with E-state index in [1.54, 1.807) is 0 Å². The Hall–Kier alpha value is -0.590. The average Bonchev–Trinajstić information content (AvgIpc) is 1.84. The lowest BCUT2D eigenvalue weighted by Gasteiger charge is -2.29. The molecular weight excluding hydrogens is 140 g/mol. The van der Waals surface area contributed by atoms with Crippen molar-refractivity contribution in [3.05, 3.63) is 0 Å². The SMILES string of the molecule is CC(C)(C#N)CNC1COC1. The van der Waals surface area contributed by atoms with Crippen molar-refractivity contribution in [2.75, 3.05) is 19.8 Å². The predicted molar refractivity (Wildman–Crippen MR) is 42.0 cm³/mol. The maximum Gasteiger partial charge on any atom is 0.0697 e. The summed E-state index contributed by atoms with van der Waals surface area (Å²) >= 11 is 0. The van der Waals surface area contributed by atoms with Crippen LogP contribution in [0.15, 0.2) is 0 Å². The van der Waals surface area contributed by atoms with Crippen molar-refractivity contribution < 1.29 is 4.74 Å².